The van der Waals surface area contributed by atoms with Gasteiger partial charge in [-0.15, -0.1) is 0 Å². The second-order valence-corrected chi connectivity index (χ2v) is 12.2. The SMILES string of the molecule is ClP(Cl)Cl.O=P(Cl)(Cl)Cl. The van der Waals surface area contributed by atoms with Crippen LogP contribution in [0, 0.1) is 0 Å². The van der Waals surface area contributed by atoms with E-state index in [1.54, 1.807) is 0 Å². The maximum atomic E-state index is 9.51. The zero-order valence-electron chi connectivity index (χ0n) is 3.57. The lowest BCUT2D eigenvalue weighted by Crippen LogP contribution is -1.19. The maximum Gasteiger partial charge on any atom is 0.339 e. The van der Waals surface area contributed by atoms with Gasteiger partial charge in [-0.3, -0.25) is 4.57 Å². The number of halogens is 6. The Morgan fingerprint density at radius 2 is 1.00 bits per heavy atom. The highest BCUT2D eigenvalue weighted by molar-refractivity contribution is 8.24. The Labute approximate surface area is 82.7 Å². The van der Waals surface area contributed by atoms with Crippen LogP contribution in [0.3, 0.4) is 0 Å². The molecule has 0 aromatic heterocycles. The minimum Gasteiger partial charge on any atom is -0.271 e. The number of hydrogen-bond acceptors (Lipinski definition) is 1. The molecule has 0 unspecified atom stereocenters. The molecule has 0 aromatic carbocycles. The average Bonchev–Trinajstić information content (AvgIpc) is 1.19. The van der Waals surface area contributed by atoms with Crippen LogP contribution in [0.25, 0.3) is 0 Å². The summed E-state index contributed by atoms with van der Waals surface area (Å²) < 4.78 is 9.51. The normalized spacial score (nSPS) is 10.6. The van der Waals surface area contributed by atoms with E-state index in [9.17, 15) is 4.57 Å². The van der Waals surface area contributed by atoms with Crippen molar-refractivity contribution in [1.29, 1.82) is 0 Å². The minimum atomic E-state index is -3.22. The van der Waals surface area contributed by atoms with Crippen LogP contribution in [0.4, 0.5) is 0 Å². The van der Waals surface area contributed by atoms with Crippen molar-refractivity contribution < 1.29 is 4.57 Å². The first-order valence-electron chi connectivity index (χ1n) is 1.20. The number of hydrogen-bond donors (Lipinski definition) is 0. The third kappa shape index (κ3) is 127. The summed E-state index contributed by atoms with van der Waals surface area (Å²) in [6.45, 7) is 0. The minimum absolute atomic E-state index is 1.20. The molecule has 0 amide bonds. The molecule has 0 fully saturated rings. The molecule has 0 radical (unpaired) electrons. The Bertz CT molecular complexity index is 82.2. The molecule has 9 heavy (non-hydrogen) atoms. The van der Waals surface area contributed by atoms with Crippen molar-refractivity contribution in [2.24, 2.45) is 0 Å². The summed E-state index contributed by atoms with van der Waals surface area (Å²) in [5.74, 6) is -1.20. The van der Waals surface area contributed by atoms with Crippen LogP contribution in [0.1, 0.15) is 0 Å². The molecule has 0 aliphatic rings. The van der Waals surface area contributed by atoms with Gasteiger partial charge in [-0.1, -0.05) is 33.7 Å². The molecule has 0 atom stereocenters. The third-order valence-electron chi connectivity index (χ3n) is 0. The Kier molecular flexibility index (Phi) is 11.0. The van der Waals surface area contributed by atoms with Gasteiger partial charge in [-0.05, 0) is 33.7 Å². The molecule has 0 saturated carbocycles. The molecule has 0 aliphatic carbocycles. The van der Waals surface area contributed by atoms with Gasteiger partial charge in [0.15, 0.2) is 5.98 Å². The molecule has 1 nitrogen and oxygen atoms in total. The van der Waals surface area contributed by atoms with Crippen LogP contribution in [-0.2, 0) is 4.57 Å². The molecular formula is Cl6OP2. The summed E-state index contributed by atoms with van der Waals surface area (Å²) in [4.78, 5) is 0. The van der Waals surface area contributed by atoms with Crippen LogP contribution >= 0.6 is 78.6 Å². The summed E-state index contributed by atoms with van der Waals surface area (Å²) in [6.07, 6.45) is 0. The van der Waals surface area contributed by atoms with Crippen LogP contribution < -0.4 is 0 Å². The Balaban J connectivity index is 0. The van der Waals surface area contributed by atoms with E-state index in [1.165, 1.54) is 0 Å². The van der Waals surface area contributed by atoms with Crippen molar-refractivity contribution in [3.8, 4) is 0 Å². The molecule has 0 N–H and O–H groups in total. The van der Waals surface area contributed by atoms with E-state index in [0.717, 1.165) is 0 Å². The van der Waals surface area contributed by atoms with Gasteiger partial charge in [0, 0.05) is 0 Å². The van der Waals surface area contributed by atoms with Crippen LogP contribution in [0.15, 0.2) is 0 Å². The molecule has 0 saturated heterocycles. The zero-order chi connectivity index (χ0) is 8.08. The standard InChI is InChI=1S/Cl3OP.Cl3P/c1-5(2,3)4;1-4(2)3. The van der Waals surface area contributed by atoms with Gasteiger partial charge >= 0.3 is 5.20 Å². The lowest BCUT2D eigenvalue weighted by Gasteiger charge is -1.74. The Morgan fingerprint density at radius 3 is 1.00 bits per heavy atom. The highest BCUT2D eigenvalue weighted by Gasteiger charge is 2.02. The van der Waals surface area contributed by atoms with Crippen LogP contribution in [0.5, 0.6) is 0 Å². The quantitative estimate of drug-likeness (QED) is 0.520. The fraction of sp³-hybridized carbons (Fsp3) is 0. The van der Waals surface area contributed by atoms with Crippen LogP contribution in [0.2, 0.25) is 0 Å². The Hall–Kier alpha value is 2.40. The van der Waals surface area contributed by atoms with Gasteiger partial charge in [0.2, 0.25) is 0 Å². The summed E-state index contributed by atoms with van der Waals surface area (Å²) >= 11 is 28.5. The second-order valence-electron chi connectivity index (χ2n) is 0.590. The predicted molar refractivity (Wildman–Crippen MR) is 49.6 cm³/mol. The van der Waals surface area contributed by atoms with Gasteiger partial charge in [-0.2, -0.15) is 0 Å². The molecule has 0 aliphatic heterocycles. The first-order valence-corrected chi connectivity index (χ1v) is 9.68. The van der Waals surface area contributed by atoms with Crippen molar-refractivity contribution in [1.82, 2.24) is 0 Å². The maximum absolute atomic E-state index is 9.51. The average molecular weight is 291 g/mol. The van der Waals surface area contributed by atoms with Gasteiger partial charge in [0.05, 0.1) is 0 Å². The Morgan fingerprint density at radius 1 is 1.00 bits per heavy atom. The van der Waals surface area contributed by atoms with Crippen molar-refractivity contribution in [2.75, 3.05) is 0 Å². The van der Waals surface area contributed by atoms with E-state index >= 15 is 0 Å². The molecule has 0 spiro atoms. The highest BCUT2D eigenvalue weighted by Crippen LogP contribution is 2.61. The van der Waals surface area contributed by atoms with Crippen molar-refractivity contribution in [2.45, 2.75) is 0 Å². The van der Waals surface area contributed by atoms with Crippen molar-refractivity contribution in [3.63, 3.8) is 0 Å². The molecule has 0 aromatic rings. The molecule has 0 bridgehead atoms. The van der Waals surface area contributed by atoms with E-state index in [0.29, 0.717) is 0 Å². The highest BCUT2D eigenvalue weighted by atomic mass is 36.1. The lowest BCUT2D eigenvalue weighted by molar-refractivity contribution is 0.600. The fourth-order valence-corrected chi connectivity index (χ4v) is 0. The van der Waals surface area contributed by atoms with E-state index in [1.807, 2.05) is 0 Å². The van der Waals surface area contributed by atoms with Crippen molar-refractivity contribution >= 4 is 78.6 Å². The first kappa shape index (κ1) is 14.0. The molecule has 9 heteroatoms. The summed E-state index contributed by atoms with van der Waals surface area (Å²) in [5.41, 5.74) is 0. The van der Waals surface area contributed by atoms with E-state index in [2.05, 4.69) is 33.7 Å². The van der Waals surface area contributed by atoms with Gasteiger partial charge in [0.25, 0.3) is 0 Å². The van der Waals surface area contributed by atoms with Crippen molar-refractivity contribution in [3.05, 3.63) is 0 Å². The third-order valence-corrected chi connectivity index (χ3v) is 0. The second kappa shape index (κ2) is 7.07. The predicted octanol–water partition coefficient (Wildman–Crippen LogP) is 5.74. The molecule has 58 valence electrons. The van der Waals surface area contributed by atoms with E-state index in [-0.39, 0.29) is 0 Å². The molecule has 0 heterocycles. The summed E-state index contributed by atoms with van der Waals surface area (Å²) in [5, 5.41) is -3.22. The molecule has 0 rings (SSSR count). The monoisotopic (exact) mass is 288 g/mol. The van der Waals surface area contributed by atoms with E-state index in [4.69, 9.17) is 33.7 Å². The molecular weight excluding hydrogens is 291 g/mol. The first-order chi connectivity index (χ1) is 3.73. The van der Waals surface area contributed by atoms with E-state index < -0.39 is 11.2 Å². The van der Waals surface area contributed by atoms with Gasteiger partial charge < -0.3 is 0 Å². The summed E-state index contributed by atoms with van der Waals surface area (Å²) in [6, 6.07) is 0. The van der Waals surface area contributed by atoms with Gasteiger partial charge in [0.1, 0.15) is 0 Å². The summed E-state index contributed by atoms with van der Waals surface area (Å²) in [7, 11) is 0. The smallest absolute Gasteiger partial charge is 0.271 e. The van der Waals surface area contributed by atoms with Crippen LogP contribution in [-0.4, -0.2) is 0 Å². The topological polar surface area (TPSA) is 17.1 Å². The lowest BCUT2D eigenvalue weighted by atomic mass is 16.0. The number of rotatable bonds is 0. The zero-order valence-corrected chi connectivity index (χ0v) is 9.89. The fourth-order valence-electron chi connectivity index (χ4n) is 0. The largest absolute Gasteiger partial charge is 0.339 e. The van der Waals surface area contributed by atoms with Gasteiger partial charge in [-0.25, -0.2) is 0 Å².